The van der Waals surface area contributed by atoms with Crippen LogP contribution in [0.5, 0.6) is 5.75 Å². The summed E-state index contributed by atoms with van der Waals surface area (Å²) in [5, 5.41) is 10.5. The highest BCUT2D eigenvalue weighted by Gasteiger charge is 2.41. The van der Waals surface area contributed by atoms with E-state index < -0.39 is 5.92 Å². The Morgan fingerprint density at radius 1 is 1.09 bits per heavy atom. The van der Waals surface area contributed by atoms with Gasteiger partial charge in [0.25, 0.3) is 0 Å². The van der Waals surface area contributed by atoms with Crippen LogP contribution in [-0.2, 0) is 9.59 Å². The van der Waals surface area contributed by atoms with Crippen LogP contribution < -0.4 is 4.90 Å². The van der Waals surface area contributed by atoms with Crippen molar-refractivity contribution in [3.63, 3.8) is 0 Å². The Bertz CT molecular complexity index is 929. The van der Waals surface area contributed by atoms with Crippen molar-refractivity contribution in [3.05, 3.63) is 60.3 Å². The Hall–Kier alpha value is -3.08. The second-order valence-electron chi connectivity index (χ2n) is 5.63. The highest BCUT2D eigenvalue weighted by atomic mass is 16.3. The van der Waals surface area contributed by atoms with Crippen molar-refractivity contribution in [1.82, 2.24) is 4.98 Å². The summed E-state index contributed by atoms with van der Waals surface area (Å²) < 4.78 is 0. The molecule has 2 amide bonds. The third kappa shape index (κ3) is 2.09. The van der Waals surface area contributed by atoms with Crippen molar-refractivity contribution >= 4 is 28.4 Å². The van der Waals surface area contributed by atoms with E-state index in [1.54, 1.807) is 18.3 Å². The molecule has 1 fully saturated rings. The van der Waals surface area contributed by atoms with E-state index in [4.69, 9.17) is 0 Å². The number of aromatic nitrogens is 1. The van der Waals surface area contributed by atoms with Crippen LogP contribution in [0.15, 0.2) is 54.7 Å². The summed E-state index contributed by atoms with van der Waals surface area (Å²) in [7, 11) is 0. The molecule has 2 N–H and O–H groups in total. The van der Waals surface area contributed by atoms with Gasteiger partial charge in [-0.25, -0.2) is 4.90 Å². The van der Waals surface area contributed by atoms with Crippen molar-refractivity contribution < 1.29 is 14.7 Å². The number of H-pyrrole nitrogens is 1. The molecule has 2 heterocycles. The Balaban J connectivity index is 1.75. The summed E-state index contributed by atoms with van der Waals surface area (Å²) in [5.41, 5.74) is 2.18. The van der Waals surface area contributed by atoms with E-state index in [-0.39, 0.29) is 24.0 Å². The number of nitrogens with one attached hydrogen (secondary N) is 1. The Morgan fingerprint density at radius 3 is 2.74 bits per heavy atom. The van der Waals surface area contributed by atoms with Crippen molar-refractivity contribution in [1.29, 1.82) is 0 Å². The van der Waals surface area contributed by atoms with Gasteiger partial charge in [-0.05, 0) is 23.8 Å². The SMILES string of the molecule is O=C1C[C@@H](c2c[nH]c3ccccc23)C(=O)N1c1cccc(O)c1. The molecule has 0 bridgehead atoms. The van der Waals surface area contributed by atoms with Gasteiger partial charge < -0.3 is 10.1 Å². The summed E-state index contributed by atoms with van der Waals surface area (Å²) in [5.74, 6) is -0.985. The van der Waals surface area contributed by atoms with Gasteiger partial charge in [0.1, 0.15) is 5.75 Å². The van der Waals surface area contributed by atoms with Crippen LogP contribution >= 0.6 is 0 Å². The molecule has 0 unspecified atom stereocenters. The van der Waals surface area contributed by atoms with E-state index in [9.17, 15) is 14.7 Å². The molecule has 1 aliphatic heterocycles. The smallest absolute Gasteiger partial charge is 0.241 e. The molecule has 114 valence electrons. The van der Waals surface area contributed by atoms with Gasteiger partial charge in [-0.2, -0.15) is 0 Å². The van der Waals surface area contributed by atoms with Gasteiger partial charge >= 0.3 is 0 Å². The van der Waals surface area contributed by atoms with E-state index in [0.29, 0.717) is 5.69 Å². The largest absolute Gasteiger partial charge is 0.508 e. The second kappa shape index (κ2) is 4.98. The van der Waals surface area contributed by atoms with Crippen molar-refractivity contribution in [3.8, 4) is 5.75 Å². The van der Waals surface area contributed by atoms with Crippen molar-refractivity contribution in [2.45, 2.75) is 12.3 Å². The number of imide groups is 1. The maximum Gasteiger partial charge on any atom is 0.241 e. The fraction of sp³-hybridized carbons (Fsp3) is 0.111. The molecule has 0 saturated carbocycles. The number of aromatic hydroxyl groups is 1. The molecule has 1 saturated heterocycles. The minimum absolute atomic E-state index is 0.0265. The fourth-order valence-corrected chi connectivity index (χ4v) is 3.16. The predicted molar refractivity (Wildman–Crippen MR) is 86.3 cm³/mol. The van der Waals surface area contributed by atoms with Crippen molar-refractivity contribution in [2.24, 2.45) is 0 Å². The zero-order valence-electron chi connectivity index (χ0n) is 12.2. The molecule has 4 rings (SSSR count). The van der Waals surface area contributed by atoms with Crippen LogP contribution in [0.25, 0.3) is 10.9 Å². The van der Waals surface area contributed by atoms with E-state index in [1.807, 2.05) is 24.3 Å². The van der Waals surface area contributed by atoms with Crippen LogP contribution in [0.1, 0.15) is 17.9 Å². The minimum atomic E-state index is -0.499. The first-order chi connectivity index (χ1) is 11.1. The number of carbonyl (C=O) groups is 2. The number of phenolic OH excluding ortho intramolecular Hbond substituents is 1. The van der Waals surface area contributed by atoms with E-state index in [2.05, 4.69) is 4.98 Å². The molecule has 0 radical (unpaired) electrons. The van der Waals surface area contributed by atoms with Gasteiger partial charge in [0, 0.05) is 29.6 Å². The number of nitrogens with zero attached hydrogens (tertiary/aromatic N) is 1. The van der Waals surface area contributed by atoms with Crippen LogP contribution in [0.3, 0.4) is 0 Å². The molecule has 1 atom stereocenters. The van der Waals surface area contributed by atoms with Gasteiger partial charge in [0.2, 0.25) is 11.8 Å². The number of fused-ring (bicyclic) bond motifs is 1. The molecule has 5 heteroatoms. The Labute approximate surface area is 132 Å². The van der Waals surface area contributed by atoms with Gasteiger partial charge in [-0.3, -0.25) is 9.59 Å². The van der Waals surface area contributed by atoms with E-state index >= 15 is 0 Å². The predicted octanol–water partition coefficient (Wildman–Crippen LogP) is 2.92. The maximum atomic E-state index is 12.8. The highest BCUT2D eigenvalue weighted by Crippen LogP contribution is 2.37. The summed E-state index contributed by atoms with van der Waals surface area (Å²) in [6, 6.07) is 13.9. The molecule has 2 aromatic carbocycles. The minimum Gasteiger partial charge on any atom is -0.508 e. The number of hydrogen-bond donors (Lipinski definition) is 2. The quantitative estimate of drug-likeness (QED) is 0.715. The Morgan fingerprint density at radius 2 is 1.91 bits per heavy atom. The first kappa shape index (κ1) is 13.6. The average molecular weight is 306 g/mol. The fourth-order valence-electron chi connectivity index (χ4n) is 3.16. The van der Waals surface area contributed by atoms with Crippen LogP contribution in [0, 0.1) is 0 Å². The molecular weight excluding hydrogens is 292 g/mol. The monoisotopic (exact) mass is 306 g/mol. The molecule has 0 aliphatic carbocycles. The third-order valence-electron chi connectivity index (χ3n) is 4.23. The molecule has 1 aliphatic rings. The lowest BCUT2D eigenvalue weighted by Crippen LogP contribution is -2.29. The number of carbonyl (C=O) groups excluding carboxylic acids is 2. The maximum absolute atomic E-state index is 12.8. The molecule has 0 spiro atoms. The van der Waals surface area contributed by atoms with Gasteiger partial charge in [-0.1, -0.05) is 24.3 Å². The number of anilines is 1. The first-order valence-electron chi connectivity index (χ1n) is 7.37. The number of hydrogen-bond acceptors (Lipinski definition) is 3. The van der Waals surface area contributed by atoms with Crippen LogP contribution in [-0.4, -0.2) is 21.9 Å². The lowest BCUT2D eigenvalue weighted by Gasteiger charge is -2.15. The van der Waals surface area contributed by atoms with Gasteiger partial charge in [-0.15, -0.1) is 0 Å². The zero-order valence-corrected chi connectivity index (χ0v) is 12.2. The summed E-state index contributed by atoms with van der Waals surface area (Å²) >= 11 is 0. The standard InChI is InChI=1S/C18H14N2O3/c21-12-5-3-4-11(8-12)20-17(22)9-14(18(20)23)15-10-19-16-7-2-1-6-13(15)16/h1-8,10,14,19,21H,9H2/t14-/m0/s1. The second-order valence-corrected chi connectivity index (χ2v) is 5.63. The van der Waals surface area contributed by atoms with E-state index in [0.717, 1.165) is 21.4 Å². The van der Waals surface area contributed by atoms with Crippen LogP contribution in [0.4, 0.5) is 5.69 Å². The number of phenols is 1. The number of rotatable bonds is 2. The highest BCUT2D eigenvalue weighted by molar-refractivity contribution is 6.23. The normalized spacial score (nSPS) is 18.1. The summed E-state index contributed by atoms with van der Waals surface area (Å²) in [4.78, 5) is 29.4. The van der Waals surface area contributed by atoms with Crippen molar-refractivity contribution in [2.75, 3.05) is 4.90 Å². The van der Waals surface area contributed by atoms with Crippen LogP contribution in [0.2, 0.25) is 0 Å². The number of para-hydroxylation sites is 1. The molecule has 23 heavy (non-hydrogen) atoms. The summed E-state index contributed by atoms with van der Waals surface area (Å²) in [6.07, 6.45) is 1.93. The van der Waals surface area contributed by atoms with Gasteiger partial charge in [0.05, 0.1) is 11.6 Å². The first-order valence-corrected chi connectivity index (χ1v) is 7.37. The number of aromatic amines is 1. The number of amides is 2. The van der Waals surface area contributed by atoms with E-state index in [1.165, 1.54) is 12.1 Å². The molecule has 1 aromatic heterocycles. The lowest BCUT2D eigenvalue weighted by molar-refractivity contribution is -0.121. The zero-order chi connectivity index (χ0) is 16.0. The Kier molecular flexibility index (Phi) is 2.94. The topological polar surface area (TPSA) is 73.4 Å². The molecular formula is C18H14N2O3. The summed E-state index contributed by atoms with van der Waals surface area (Å²) in [6.45, 7) is 0. The number of benzene rings is 2. The third-order valence-corrected chi connectivity index (χ3v) is 4.23. The molecule has 3 aromatic rings. The lowest BCUT2D eigenvalue weighted by atomic mass is 9.97. The molecule has 5 nitrogen and oxygen atoms in total. The average Bonchev–Trinajstić information content (AvgIpc) is 3.08. The van der Waals surface area contributed by atoms with Gasteiger partial charge in [0.15, 0.2) is 0 Å².